The molecule has 1 aliphatic heterocycles. The van der Waals surface area contributed by atoms with Crippen LogP contribution in [0.15, 0.2) is 23.3 Å². The molecule has 0 aromatic heterocycles. The second kappa shape index (κ2) is 3.76. The molecule has 1 aliphatic carbocycles. The molecule has 2 aliphatic rings. The van der Waals surface area contributed by atoms with Gasteiger partial charge in [-0.15, -0.1) is 0 Å². The summed E-state index contributed by atoms with van der Waals surface area (Å²) in [4.78, 5) is 14.4. The highest BCUT2D eigenvalue weighted by Gasteiger charge is 2.34. The van der Waals surface area contributed by atoms with Crippen molar-refractivity contribution < 1.29 is 4.79 Å². The fourth-order valence-corrected chi connectivity index (χ4v) is 2.61. The lowest BCUT2D eigenvalue weighted by Gasteiger charge is -2.41. The van der Waals surface area contributed by atoms with Gasteiger partial charge in [0.1, 0.15) is 0 Å². The first-order valence-electron chi connectivity index (χ1n) is 6.13. The highest BCUT2D eigenvalue weighted by molar-refractivity contribution is 5.98. The molecular formula is C14H21NO. The van der Waals surface area contributed by atoms with Crippen molar-refractivity contribution in [3.05, 3.63) is 23.3 Å². The minimum Gasteiger partial charge on any atom is -0.333 e. The van der Waals surface area contributed by atoms with E-state index in [-0.39, 0.29) is 11.4 Å². The van der Waals surface area contributed by atoms with Gasteiger partial charge in [-0.1, -0.05) is 24.6 Å². The molecule has 1 heterocycles. The third-order valence-electron chi connectivity index (χ3n) is 3.61. The maximum atomic E-state index is 12.4. The van der Waals surface area contributed by atoms with Gasteiger partial charge < -0.3 is 4.90 Å². The van der Waals surface area contributed by atoms with E-state index in [1.807, 2.05) is 11.0 Å². The van der Waals surface area contributed by atoms with Crippen LogP contribution < -0.4 is 0 Å². The molecule has 1 atom stereocenters. The van der Waals surface area contributed by atoms with Crippen LogP contribution in [0.5, 0.6) is 0 Å². The van der Waals surface area contributed by atoms with Gasteiger partial charge in [-0.25, -0.2) is 0 Å². The van der Waals surface area contributed by atoms with Crippen LogP contribution in [0.1, 0.15) is 40.5 Å². The summed E-state index contributed by atoms with van der Waals surface area (Å²) in [7, 11) is 0. The largest absolute Gasteiger partial charge is 0.333 e. The Bertz CT molecular complexity index is 371. The third kappa shape index (κ3) is 1.81. The smallest absolute Gasteiger partial charge is 0.254 e. The van der Waals surface area contributed by atoms with Crippen LogP contribution in [-0.2, 0) is 4.79 Å². The summed E-state index contributed by atoms with van der Waals surface area (Å²) in [6.45, 7) is 9.41. The average Bonchev–Trinajstić information content (AvgIpc) is 2.18. The molecule has 0 aromatic rings. The highest BCUT2D eigenvalue weighted by Crippen LogP contribution is 2.34. The average molecular weight is 219 g/mol. The zero-order chi connectivity index (χ0) is 11.9. The van der Waals surface area contributed by atoms with Crippen LogP contribution in [-0.4, -0.2) is 22.9 Å². The zero-order valence-electron chi connectivity index (χ0n) is 10.7. The Kier molecular flexibility index (Phi) is 2.69. The Morgan fingerprint density at radius 1 is 1.38 bits per heavy atom. The number of hydrogen-bond donors (Lipinski definition) is 0. The summed E-state index contributed by atoms with van der Waals surface area (Å²) < 4.78 is 0. The summed E-state index contributed by atoms with van der Waals surface area (Å²) in [6.07, 6.45) is 6.29. The summed E-state index contributed by atoms with van der Waals surface area (Å²) in [5.41, 5.74) is 2.26. The maximum Gasteiger partial charge on any atom is 0.254 e. The van der Waals surface area contributed by atoms with Crippen molar-refractivity contribution in [2.24, 2.45) is 5.92 Å². The van der Waals surface area contributed by atoms with E-state index >= 15 is 0 Å². The first-order chi connectivity index (χ1) is 7.41. The molecule has 0 saturated heterocycles. The van der Waals surface area contributed by atoms with Gasteiger partial charge >= 0.3 is 0 Å². The molecule has 0 aromatic carbocycles. The van der Waals surface area contributed by atoms with E-state index in [1.165, 1.54) is 5.57 Å². The molecule has 2 heteroatoms. The quantitative estimate of drug-likeness (QED) is 0.613. The normalized spacial score (nSPS) is 26.1. The van der Waals surface area contributed by atoms with Crippen LogP contribution in [0.2, 0.25) is 0 Å². The number of allylic oxidation sites excluding steroid dienone is 1. The van der Waals surface area contributed by atoms with E-state index in [0.29, 0.717) is 5.92 Å². The molecule has 0 spiro atoms. The lowest BCUT2D eigenvalue weighted by Crippen LogP contribution is -2.49. The highest BCUT2D eigenvalue weighted by atomic mass is 16.2. The van der Waals surface area contributed by atoms with Gasteiger partial charge in [-0.05, 0) is 39.5 Å². The van der Waals surface area contributed by atoms with Crippen molar-refractivity contribution in [1.29, 1.82) is 0 Å². The Morgan fingerprint density at radius 2 is 2.06 bits per heavy atom. The summed E-state index contributed by atoms with van der Waals surface area (Å²) in [6, 6.07) is 0. The van der Waals surface area contributed by atoms with Gasteiger partial charge in [0.25, 0.3) is 5.91 Å². The molecule has 16 heavy (non-hydrogen) atoms. The van der Waals surface area contributed by atoms with Gasteiger partial charge in [-0.2, -0.15) is 0 Å². The van der Waals surface area contributed by atoms with E-state index in [4.69, 9.17) is 0 Å². The zero-order valence-corrected chi connectivity index (χ0v) is 10.7. The van der Waals surface area contributed by atoms with Crippen LogP contribution >= 0.6 is 0 Å². The second-order valence-electron chi connectivity index (χ2n) is 5.86. The van der Waals surface area contributed by atoms with Crippen LogP contribution in [0, 0.1) is 5.92 Å². The fraction of sp³-hybridized carbons (Fsp3) is 0.643. The predicted molar refractivity (Wildman–Crippen MR) is 66.0 cm³/mol. The first kappa shape index (κ1) is 11.4. The molecule has 0 radical (unpaired) electrons. The lowest BCUT2D eigenvalue weighted by molar-refractivity contribution is -0.132. The van der Waals surface area contributed by atoms with Crippen molar-refractivity contribution in [3.63, 3.8) is 0 Å². The summed E-state index contributed by atoms with van der Waals surface area (Å²) in [5, 5.41) is 0. The maximum absolute atomic E-state index is 12.4. The Labute approximate surface area is 98.0 Å². The number of carbonyl (C=O) groups is 1. The third-order valence-corrected chi connectivity index (χ3v) is 3.61. The monoisotopic (exact) mass is 219 g/mol. The van der Waals surface area contributed by atoms with E-state index in [0.717, 1.165) is 25.0 Å². The molecular weight excluding hydrogens is 198 g/mol. The first-order valence-corrected chi connectivity index (χ1v) is 6.13. The predicted octanol–water partition coefficient (Wildman–Crippen LogP) is 2.91. The van der Waals surface area contributed by atoms with Crippen molar-refractivity contribution in [2.45, 2.75) is 46.1 Å². The second-order valence-corrected chi connectivity index (χ2v) is 5.86. The van der Waals surface area contributed by atoms with E-state index in [2.05, 4.69) is 33.8 Å². The van der Waals surface area contributed by atoms with E-state index in [1.54, 1.807) is 0 Å². The number of carbonyl (C=O) groups excluding carboxylic acids is 1. The number of hydrogen-bond acceptors (Lipinski definition) is 1. The topological polar surface area (TPSA) is 20.3 Å². The van der Waals surface area contributed by atoms with Crippen LogP contribution in [0.25, 0.3) is 0 Å². The molecule has 2 rings (SSSR count). The van der Waals surface area contributed by atoms with Gasteiger partial charge in [0.2, 0.25) is 0 Å². The van der Waals surface area contributed by atoms with Gasteiger partial charge in [0.15, 0.2) is 0 Å². The Hall–Kier alpha value is -1.05. The molecule has 2 nitrogen and oxygen atoms in total. The van der Waals surface area contributed by atoms with Crippen LogP contribution in [0.4, 0.5) is 0 Å². The number of amides is 1. The molecule has 88 valence electrons. The molecule has 0 saturated carbocycles. The van der Waals surface area contributed by atoms with Crippen molar-refractivity contribution in [3.8, 4) is 0 Å². The minimum absolute atomic E-state index is 0.0653. The fourth-order valence-electron chi connectivity index (χ4n) is 2.61. The van der Waals surface area contributed by atoms with Crippen molar-refractivity contribution in [1.82, 2.24) is 4.90 Å². The Morgan fingerprint density at radius 3 is 2.69 bits per heavy atom. The molecule has 1 amide bonds. The molecule has 0 fully saturated rings. The molecule has 0 N–H and O–H groups in total. The number of rotatable bonds is 0. The number of nitrogens with zero attached hydrogens (tertiary/aromatic N) is 1. The minimum atomic E-state index is -0.0653. The van der Waals surface area contributed by atoms with Crippen molar-refractivity contribution in [2.75, 3.05) is 6.54 Å². The summed E-state index contributed by atoms with van der Waals surface area (Å²) in [5.74, 6) is 0.766. The summed E-state index contributed by atoms with van der Waals surface area (Å²) >= 11 is 0. The van der Waals surface area contributed by atoms with Gasteiger partial charge in [-0.3, -0.25) is 4.79 Å². The standard InChI is InChI=1S/C14H21NO/c1-10-6-5-7-12-11(10)8-9-15(13(12)16)14(2,3)4/h5,7,10H,6,8-9H2,1-4H3. The molecule has 1 unspecified atom stereocenters. The van der Waals surface area contributed by atoms with E-state index < -0.39 is 0 Å². The molecule has 0 bridgehead atoms. The van der Waals surface area contributed by atoms with Crippen LogP contribution in [0.3, 0.4) is 0 Å². The van der Waals surface area contributed by atoms with Gasteiger partial charge in [0, 0.05) is 17.7 Å². The van der Waals surface area contributed by atoms with Gasteiger partial charge in [0.05, 0.1) is 0 Å². The SMILES string of the molecule is CC1CC=CC2=C1CCN(C(C)(C)C)C2=O. The van der Waals surface area contributed by atoms with E-state index in [9.17, 15) is 4.79 Å². The van der Waals surface area contributed by atoms with Crippen molar-refractivity contribution >= 4 is 5.91 Å². The lowest BCUT2D eigenvalue weighted by atomic mass is 9.82. The Balaban J connectivity index is 2.34.